The van der Waals surface area contributed by atoms with Gasteiger partial charge in [0, 0.05) is 5.56 Å². The maximum absolute atomic E-state index is 12.7. The molecule has 0 saturated heterocycles. The molecule has 0 heterocycles. The Morgan fingerprint density at radius 2 is 1.79 bits per heavy atom. The predicted octanol–water partition coefficient (Wildman–Crippen LogP) is -1.30. The van der Waals surface area contributed by atoms with E-state index in [0.29, 0.717) is 6.07 Å². The van der Waals surface area contributed by atoms with Crippen LogP contribution in [-0.4, -0.2) is 13.3 Å². The first-order valence-electron chi connectivity index (χ1n) is 3.40. The summed E-state index contributed by atoms with van der Waals surface area (Å²) in [5.41, 5.74) is -2.11. The fraction of sp³-hybridized carbons (Fsp3) is 0. The number of carbonyl (C=O) groups is 1. The molecule has 0 aliphatic carbocycles. The standard InChI is InChI=1S/C7H4BF4O.K/c9-7-3-1-2-6(5(7)4-13)8(10,11)12;/h1-4H;/q-1;+1. The van der Waals surface area contributed by atoms with Crippen LogP contribution in [0.1, 0.15) is 10.4 Å². The van der Waals surface area contributed by atoms with Crippen molar-refractivity contribution in [1.82, 2.24) is 0 Å². The summed E-state index contributed by atoms with van der Waals surface area (Å²) in [6.45, 7) is -5.33. The quantitative estimate of drug-likeness (QED) is 0.350. The molecule has 0 aliphatic heterocycles. The number of benzene rings is 1. The topological polar surface area (TPSA) is 17.1 Å². The van der Waals surface area contributed by atoms with Crippen molar-refractivity contribution in [2.75, 3.05) is 0 Å². The van der Waals surface area contributed by atoms with Crippen LogP contribution < -0.4 is 56.8 Å². The third-order valence-electron chi connectivity index (χ3n) is 1.56. The van der Waals surface area contributed by atoms with Crippen LogP contribution in [0, 0.1) is 5.82 Å². The molecule has 0 amide bonds. The molecule has 1 nitrogen and oxygen atoms in total. The summed E-state index contributed by atoms with van der Waals surface area (Å²) < 4.78 is 49.1. The van der Waals surface area contributed by atoms with Crippen LogP contribution in [-0.2, 0) is 0 Å². The van der Waals surface area contributed by atoms with Gasteiger partial charge in [-0.05, 0) is 6.07 Å². The van der Waals surface area contributed by atoms with Crippen molar-refractivity contribution < 1.29 is 73.5 Å². The van der Waals surface area contributed by atoms with E-state index in [0.717, 1.165) is 12.1 Å². The molecule has 0 spiro atoms. The summed E-state index contributed by atoms with van der Waals surface area (Å²) in [4.78, 5) is 10.2. The minimum absolute atomic E-state index is 0. The molecular formula is C7H4BF4KO. The SMILES string of the molecule is O=Cc1c(F)cccc1[B-](F)(F)F.[K+]. The molecule has 70 valence electrons. The van der Waals surface area contributed by atoms with Crippen LogP contribution >= 0.6 is 0 Å². The first-order valence-corrected chi connectivity index (χ1v) is 3.40. The maximum Gasteiger partial charge on any atom is 1.00 e. The second-order valence-corrected chi connectivity index (χ2v) is 2.44. The zero-order valence-electron chi connectivity index (χ0n) is 7.31. The Labute approximate surface area is 120 Å². The molecule has 0 N–H and O–H groups in total. The van der Waals surface area contributed by atoms with Gasteiger partial charge in [-0.2, -0.15) is 0 Å². The van der Waals surface area contributed by atoms with Crippen LogP contribution in [0.3, 0.4) is 0 Å². The summed E-state index contributed by atoms with van der Waals surface area (Å²) in [5.74, 6) is -1.15. The number of hydrogen-bond acceptors (Lipinski definition) is 1. The van der Waals surface area contributed by atoms with E-state index in [1.165, 1.54) is 0 Å². The molecule has 0 aliphatic rings. The Balaban J connectivity index is 0.00000169. The second kappa shape index (κ2) is 5.41. The smallest absolute Gasteiger partial charge is 0.445 e. The van der Waals surface area contributed by atoms with Crippen LogP contribution in [0.15, 0.2) is 18.2 Å². The van der Waals surface area contributed by atoms with Gasteiger partial charge in [0.2, 0.25) is 0 Å². The first kappa shape index (κ1) is 14.3. The third kappa shape index (κ3) is 3.16. The van der Waals surface area contributed by atoms with Gasteiger partial charge in [-0.15, -0.1) is 0 Å². The molecule has 0 bridgehead atoms. The summed E-state index contributed by atoms with van der Waals surface area (Å²) in [6.07, 6.45) is -0.125. The normalized spacial score (nSPS) is 10.6. The van der Waals surface area contributed by atoms with Crippen molar-refractivity contribution in [3.63, 3.8) is 0 Å². The van der Waals surface area contributed by atoms with Crippen molar-refractivity contribution in [1.29, 1.82) is 0 Å². The van der Waals surface area contributed by atoms with Gasteiger partial charge < -0.3 is 12.9 Å². The van der Waals surface area contributed by atoms with Gasteiger partial charge in [-0.1, -0.05) is 17.6 Å². The number of aldehydes is 1. The second-order valence-electron chi connectivity index (χ2n) is 2.44. The fourth-order valence-corrected chi connectivity index (χ4v) is 0.963. The molecule has 1 aromatic rings. The molecular weight excluding hydrogens is 226 g/mol. The molecule has 0 saturated carbocycles. The Bertz CT molecular complexity index is 339. The molecule has 14 heavy (non-hydrogen) atoms. The Hall–Kier alpha value is 0.311. The Kier molecular flexibility index (Phi) is 5.53. The van der Waals surface area contributed by atoms with Gasteiger partial charge in [0.15, 0.2) is 0 Å². The van der Waals surface area contributed by atoms with E-state index in [2.05, 4.69) is 0 Å². The largest absolute Gasteiger partial charge is 1.00 e. The summed E-state index contributed by atoms with van der Waals surface area (Å²) in [5, 5.41) is 0. The van der Waals surface area contributed by atoms with Crippen LogP contribution in [0.5, 0.6) is 0 Å². The van der Waals surface area contributed by atoms with Crippen molar-refractivity contribution in [3.05, 3.63) is 29.6 Å². The van der Waals surface area contributed by atoms with Crippen LogP contribution in [0.25, 0.3) is 0 Å². The van der Waals surface area contributed by atoms with Gasteiger partial charge in [0.05, 0.1) is 0 Å². The Morgan fingerprint density at radius 1 is 1.21 bits per heavy atom. The van der Waals surface area contributed by atoms with Crippen molar-refractivity contribution in [3.8, 4) is 0 Å². The maximum atomic E-state index is 12.7. The Morgan fingerprint density at radius 3 is 2.14 bits per heavy atom. The molecule has 0 fully saturated rings. The van der Waals surface area contributed by atoms with E-state index in [1.807, 2.05) is 0 Å². The van der Waals surface area contributed by atoms with E-state index in [1.54, 1.807) is 0 Å². The molecule has 1 aromatic carbocycles. The van der Waals surface area contributed by atoms with E-state index in [-0.39, 0.29) is 57.7 Å². The molecule has 0 aromatic heterocycles. The van der Waals surface area contributed by atoms with Crippen molar-refractivity contribution in [2.24, 2.45) is 0 Å². The molecule has 0 radical (unpaired) electrons. The molecule has 0 atom stereocenters. The van der Waals surface area contributed by atoms with Gasteiger partial charge in [-0.25, -0.2) is 4.39 Å². The average molecular weight is 230 g/mol. The molecule has 0 unspecified atom stereocenters. The third-order valence-corrected chi connectivity index (χ3v) is 1.56. The fourth-order valence-electron chi connectivity index (χ4n) is 0.963. The molecule has 1 rings (SSSR count). The number of carbonyl (C=O) groups excluding carboxylic acids is 1. The number of halogens is 4. The van der Waals surface area contributed by atoms with Gasteiger partial charge >= 0.3 is 58.4 Å². The predicted molar refractivity (Wildman–Crippen MR) is 40.5 cm³/mol. The monoisotopic (exact) mass is 230 g/mol. The van der Waals surface area contributed by atoms with Crippen molar-refractivity contribution >= 4 is 18.7 Å². The van der Waals surface area contributed by atoms with E-state index >= 15 is 0 Å². The van der Waals surface area contributed by atoms with Gasteiger partial charge in [0.1, 0.15) is 12.1 Å². The zero-order valence-corrected chi connectivity index (χ0v) is 10.4. The average Bonchev–Trinajstić information content (AvgIpc) is 2.02. The van der Waals surface area contributed by atoms with Gasteiger partial charge in [-0.3, -0.25) is 4.79 Å². The van der Waals surface area contributed by atoms with Gasteiger partial charge in [0.25, 0.3) is 0 Å². The summed E-state index contributed by atoms with van der Waals surface area (Å²) in [7, 11) is 0. The minimum Gasteiger partial charge on any atom is -0.445 e. The van der Waals surface area contributed by atoms with E-state index in [4.69, 9.17) is 0 Å². The molecule has 7 heteroatoms. The first-order chi connectivity index (χ1) is 5.96. The number of rotatable bonds is 2. The van der Waals surface area contributed by atoms with E-state index in [9.17, 15) is 22.1 Å². The van der Waals surface area contributed by atoms with Crippen LogP contribution in [0.4, 0.5) is 17.3 Å². The summed E-state index contributed by atoms with van der Waals surface area (Å²) in [6, 6.07) is 2.43. The summed E-state index contributed by atoms with van der Waals surface area (Å²) >= 11 is 0. The minimum atomic E-state index is -5.33. The van der Waals surface area contributed by atoms with E-state index < -0.39 is 23.8 Å². The van der Waals surface area contributed by atoms with Crippen LogP contribution in [0.2, 0.25) is 0 Å². The number of hydrogen-bond donors (Lipinski definition) is 0. The van der Waals surface area contributed by atoms with Crippen molar-refractivity contribution in [2.45, 2.75) is 0 Å². The zero-order chi connectivity index (χ0) is 10.1.